The normalized spacial score (nSPS) is 18.3. The van der Waals surface area contributed by atoms with E-state index in [2.05, 4.69) is 6.07 Å². The van der Waals surface area contributed by atoms with Crippen molar-refractivity contribution in [3.8, 4) is 11.5 Å². The van der Waals surface area contributed by atoms with E-state index in [1.54, 1.807) is 20.3 Å². The van der Waals surface area contributed by atoms with Crippen molar-refractivity contribution < 1.29 is 19.0 Å². The highest BCUT2D eigenvalue weighted by atomic mass is 16.7. The van der Waals surface area contributed by atoms with Gasteiger partial charge in [-0.3, -0.25) is 4.79 Å². The molecule has 0 saturated carbocycles. The maximum absolute atomic E-state index is 11.4. The van der Waals surface area contributed by atoms with Crippen LogP contribution >= 0.6 is 0 Å². The second kappa shape index (κ2) is 9.36. The fourth-order valence-electron chi connectivity index (χ4n) is 2.91. The number of carbonyl (C=O) groups excluding carboxylic acids is 1. The van der Waals surface area contributed by atoms with Gasteiger partial charge in [0.05, 0.1) is 7.11 Å². The van der Waals surface area contributed by atoms with E-state index in [4.69, 9.17) is 14.2 Å². The Balaban J connectivity index is 1.98. The van der Waals surface area contributed by atoms with Crippen LogP contribution in [-0.4, -0.2) is 26.8 Å². The maximum Gasteiger partial charge on any atom is 0.188 e. The second-order valence-corrected chi connectivity index (χ2v) is 5.93. The third kappa shape index (κ3) is 5.71. The number of rotatable bonds is 7. The molecule has 23 heavy (non-hydrogen) atoms. The third-order valence-corrected chi connectivity index (χ3v) is 4.24. The first-order valence-electron chi connectivity index (χ1n) is 8.21. The summed E-state index contributed by atoms with van der Waals surface area (Å²) in [5.74, 6) is 2.49. The van der Waals surface area contributed by atoms with Crippen molar-refractivity contribution in [3.05, 3.63) is 35.9 Å². The summed E-state index contributed by atoms with van der Waals surface area (Å²) in [6, 6.07) is 5.93. The van der Waals surface area contributed by atoms with Gasteiger partial charge in [-0.05, 0) is 55.7 Å². The van der Waals surface area contributed by atoms with Crippen molar-refractivity contribution in [3.63, 3.8) is 0 Å². The molecule has 1 unspecified atom stereocenters. The van der Waals surface area contributed by atoms with Crippen molar-refractivity contribution in [2.45, 2.75) is 38.5 Å². The van der Waals surface area contributed by atoms with Gasteiger partial charge in [0, 0.05) is 19.6 Å². The molecular formula is C19H26O4. The maximum atomic E-state index is 11.4. The minimum Gasteiger partial charge on any atom is -0.497 e. The SMILES string of the molecule is COCOc1cc(OC)ccc1CCC1CC=CC(=O)CCC1. The number of allylic oxidation sites excluding steroid dienone is 2. The monoisotopic (exact) mass is 318 g/mol. The number of hydrogen-bond donors (Lipinski definition) is 0. The van der Waals surface area contributed by atoms with E-state index in [0.29, 0.717) is 12.3 Å². The number of benzene rings is 1. The first-order valence-corrected chi connectivity index (χ1v) is 8.21. The minimum absolute atomic E-state index is 0.231. The zero-order valence-corrected chi connectivity index (χ0v) is 14.0. The fourth-order valence-corrected chi connectivity index (χ4v) is 2.91. The zero-order valence-electron chi connectivity index (χ0n) is 14.0. The van der Waals surface area contributed by atoms with Crippen LogP contribution < -0.4 is 9.47 Å². The van der Waals surface area contributed by atoms with Crippen LogP contribution in [0.25, 0.3) is 0 Å². The van der Waals surface area contributed by atoms with Gasteiger partial charge in [0.15, 0.2) is 12.6 Å². The molecule has 4 nitrogen and oxygen atoms in total. The number of carbonyl (C=O) groups is 1. The highest BCUT2D eigenvalue weighted by molar-refractivity contribution is 5.89. The van der Waals surface area contributed by atoms with Crippen molar-refractivity contribution in [2.24, 2.45) is 5.92 Å². The molecule has 126 valence electrons. The fraction of sp³-hybridized carbons (Fsp3) is 0.526. The van der Waals surface area contributed by atoms with Crippen LogP contribution in [0.2, 0.25) is 0 Å². The van der Waals surface area contributed by atoms with Crippen molar-refractivity contribution in [1.29, 1.82) is 0 Å². The molecule has 0 bridgehead atoms. The molecule has 0 amide bonds. The molecular weight excluding hydrogens is 292 g/mol. The van der Waals surface area contributed by atoms with Crippen LogP contribution in [0.1, 0.15) is 37.7 Å². The number of hydrogen-bond acceptors (Lipinski definition) is 4. The van der Waals surface area contributed by atoms with Gasteiger partial charge in [-0.1, -0.05) is 12.1 Å². The Morgan fingerprint density at radius 3 is 2.91 bits per heavy atom. The highest BCUT2D eigenvalue weighted by Crippen LogP contribution is 2.29. The van der Waals surface area contributed by atoms with Crippen molar-refractivity contribution >= 4 is 5.78 Å². The van der Waals surface area contributed by atoms with Gasteiger partial charge < -0.3 is 14.2 Å². The van der Waals surface area contributed by atoms with E-state index in [1.807, 2.05) is 18.2 Å². The van der Waals surface area contributed by atoms with Gasteiger partial charge in [0.1, 0.15) is 11.5 Å². The summed E-state index contributed by atoms with van der Waals surface area (Å²) in [6.07, 6.45) is 9.58. The van der Waals surface area contributed by atoms with E-state index in [0.717, 1.165) is 43.6 Å². The Morgan fingerprint density at radius 1 is 1.26 bits per heavy atom. The Hall–Kier alpha value is -1.81. The molecule has 0 aliphatic heterocycles. The van der Waals surface area contributed by atoms with Crippen LogP contribution in [0.15, 0.2) is 30.4 Å². The van der Waals surface area contributed by atoms with Crippen LogP contribution in [0.3, 0.4) is 0 Å². The number of ketones is 1. The molecule has 1 aromatic carbocycles. The smallest absolute Gasteiger partial charge is 0.188 e. The van der Waals surface area contributed by atoms with Gasteiger partial charge in [-0.25, -0.2) is 0 Å². The molecule has 1 aliphatic rings. The van der Waals surface area contributed by atoms with E-state index >= 15 is 0 Å². The molecule has 0 aromatic heterocycles. The van der Waals surface area contributed by atoms with E-state index in [1.165, 1.54) is 5.56 Å². The number of aryl methyl sites for hydroxylation is 1. The quantitative estimate of drug-likeness (QED) is 0.715. The Kier molecular flexibility index (Phi) is 7.14. The highest BCUT2D eigenvalue weighted by Gasteiger charge is 2.13. The molecule has 1 aromatic rings. The van der Waals surface area contributed by atoms with E-state index in [-0.39, 0.29) is 12.6 Å². The first-order chi connectivity index (χ1) is 11.2. The van der Waals surface area contributed by atoms with Gasteiger partial charge in [0.25, 0.3) is 0 Å². The summed E-state index contributed by atoms with van der Waals surface area (Å²) in [5, 5.41) is 0. The average molecular weight is 318 g/mol. The summed E-state index contributed by atoms with van der Waals surface area (Å²) in [5.41, 5.74) is 1.17. The lowest BCUT2D eigenvalue weighted by molar-refractivity contribution is -0.114. The topological polar surface area (TPSA) is 44.8 Å². The molecule has 0 N–H and O–H groups in total. The van der Waals surface area contributed by atoms with Crippen LogP contribution in [0, 0.1) is 5.92 Å². The average Bonchev–Trinajstić information content (AvgIpc) is 2.55. The minimum atomic E-state index is 0.231. The van der Waals surface area contributed by atoms with Gasteiger partial charge in [-0.2, -0.15) is 0 Å². The number of ether oxygens (including phenoxy) is 3. The summed E-state index contributed by atoms with van der Waals surface area (Å²) in [4.78, 5) is 11.4. The molecule has 0 fully saturated rings. The van der Waals surface area contributed by atoms with Gasteiger partial charge >= 0.3 is 0 Å². The molecule has 0 saturated heterocycles. The Labute approximate surface area is 138 Å². The second-order valence-electron chi connectivity index (χ2n) is 5.93. The van der Waals surface area contributed by atoms with Crippen LogP contribution in [-0.2, 0) is 16.0 Å². The standard InChI is InChI=1S/C19H26O4/c1-21-14-23-19-13-18(22-2)12-11-16(19)10-9-15-5-3-7-17(20)8-4-6-15/h3,7,11-13,15H,4-6,8-10,14H2,1-2H3. The summed E-state index contributed by atoms with van der Waals surface area (Å²) in [6.45, 7) is 0.231. The predicted molar refractivity (Wildman–Crippen MR) is 89.9 cm³/mol. The lowest BCUT2D eigenvalue weighted by Gasteiger charge is -2.18. The largest absolute Gasteiger partial charge is 0.497 e. The molecule has 1 atom stereocenters. The van der Waals surface area contributed by atoms with Crippen LogP contribution in [0.4, 0.5) is 0 Å². The van der Waals surface area contributed by atoms with Crippen LogP contribution in [0.5, 0.6) is 11.5 Å². The van der Waals surface area contributed by atoms with Crippen molar-refractivity contribution in [2.75, 3.05) is 21.0 Å². The molecule has 0 radical (unpaired) electrons. The van der Waals surface area contributed by atoms with Gasteiger partial charge in [0.2, 0.25) is 0 Å². The molecule has 1 aliphatic carbocycles. The van der Waals surface area contributed by atoms with Crippen molar-refractivity contribution in [1.82, 2.24) is 0 Å². The summed E-state index contributed by atoms with van der Waals surface area (Å²) < 4.78 is 15.9. The van der Waals surface area contributed by atoms with E-state index in [9.17, 15) is 4.79 Å². The third-order valence-electron chi connectivity index (χ3n) is 4.24. The lowest BCUT2D eigenvalue weighted by atomic mass is 9.89. The zero-order chi connectivity index (χ0) is 16.5. The van der Waals surface area contributed by atoms with E-state index < -0.39 is 0 Å². The molecule has 2 rings (SSSR count). The summed E-state index contributed by atoms with van der Waals surface area (Å²) >= 11 is 0. The predicted octanol–water partition coefficient (Wildman–Crippen LogP) is 3.93. The Morgan fingerprint density at radius 2 is 2.13 bits per heavy atom. The summed E-state index contributed by atoms with van der Waals surface area (Å²) in [7, 11) is 3.26. The molecule has 4 heteroatoms. The van der Waals surface area contributed by atoms with Gasteiger partial charge in [-0.15, -0.1) is 0 Å². The Bertz CT molecular complexity index is 536. The lowest BCUT2D eigenvalue weighted by Crippen LogP contribution is -2.07. The molecule has 0 spiro atoms. The number of methoxy groups -OCH3 is 2. The molecule has 0 heterocycles. The first kappa shape index (κ1) is 17.5.